The van der Waals surface area contributed by atoms with Crippen LogP contribution in [0.3, 0.4) is 0 Å². The van der Waals surface area contributed by atoms with Gasteiger partial charge in [-0.25, -0.2) is 0 Å². The zero-order chi connectivity index (χ0) is 12.5. The van der Waals surface area contributed by atoms with E-state index in [4.69, 9.17) is 11.6 Å². The Morgan fingerprint density at radius 2 is 1.44 bits per heavy atom. The number of fused-ring (bicyclic) bond motifs is 3. The summed E-state index contributed by atoms with van der Waals surface area (Å²) < 4.78 is 2.26. The molecule has 0 N–H and O–H groups in total. The molecule has 0 radical (unpaired) electrons. The molecular formula is C16H16ClN. The lowest BCUT2D eigenvalue weighted by atomic mass is 10.2. The number of para-hydroxylation sites is 2. The number of rotatable bonds is 3. The Bertz CT molecular complexity index is 630. The second-order valence-electron chi connectivity index (χ2n) is 4.63. The Hall–Kier alpha value is -1.47. The van der Waals surface area contributed by atoms with Crippen LogP contribution in [-0.4, -0.2) is 4.57 Å². The number of alkyl halides is 1. The quantitative estimate of drug-likeness (QED) is 0.559. The highest BCUT2D eigenvalue weighted by Crippen LogP contribution is 2.34. The minimum atomic E-state index is 0.0276. The van der Waals surface area contributed by atoms with E-state index in [1.54, 1.807) is 0 Å². The standard InChI is InChI=1S/C16H16ClN/c1-2-7-16(17)18-14-10-5-3-8-12(14)13-9-4-6-11-15(13)18/h3-6,8-11,16H,2,7H2,1H3. The van der Waals surface area contributed by atoms with Crippen molar-refractivity contribution in [1.29, 1.82) is 0 Å². The number of nitrogens with zero attached hydrogens (tertiary/aromatic N) is 1. The molecule has 1 atom stereocenters. The number of benzene rings is 2. The zero-order valence-corrected chi connectivity index (χ0v) is 11.2. The average Bonchev–Trinajstić information content (AvgIpc) is 2.73. The van der Waals surface area contributed by atoms with Crippen molar-refractivity contribution in [1.82, 2.24) is 4.57 Å². The minimum Gasteiger partial charge on any atom is -0.323 e. The second-order valence-corrected chi connectivity index (χ2v) is 5.13. The van der Waals surface area contributed by atoms with Crippen LogP contribution in [0.4, 0.5) is 0 Å². The van der Waals surface area contributed by atoms with Gasteiger partial charge in [0, 0.05) is 10.8 Å². The maximum absolute atomic E-state index is 6.57. The van der Waals surface area contributed by atoms with E-state index < -0.39 is 0 Å². The van der Waals surface area contributed by atoms with Crippen molar-refractivity contribution < 1.29 is 0 Å². The molecule has 0 amide bonds. The lowest BCUT2D eigenvalue weighted by Crippen LogP contribution is -2.01. The van der Waals surface area contributed by atoms with Gasteiger partial charge in [0.05, 0.1) is 11.0 Å². The maximum atomic E-state index is 6.57. The molecular weight excluding hydrogens is 242 g/mol. The first-order chi connectivity index (χ1) is 8.83. The molecule has 0 fully saturated rings. The highest BCUT2D eigenvalue weighted by Gasteiger charge is 2.14. The van der Waals surface area contributed by atoms with E-state index in [0.717, 1.165) is 12.8 Å². The normalized spacial score (nSPS) is 13.2. The molecule has 3 rings (SSSR count). The predicted octanol–water partition coefficient (Wildman–Crippen LogP) is 5.33. The predicted molar refractivity (Wildman–Crippen MR) is 79.2 cm³/mol. The summed E-state index contributed by atoms with van der Waals surface area (Å²) in [5.74, 6) is 0. The van der Waals surface area contributed by atoms with Crippen molar-refractivity contribution in [2.45, 2.75) is 25.3 Å². The van der Waals surface area contributed by atoms with E-state index in [1.807, 2.05) is 0 Å². The molecule has 1 heterocycles. The fourth-order valence-corrected chi connectivity index (χ4v) is 3.05. The number of hydrogen-bond donors (Lipinski definition) is 0. The summed E-state index contributed by atoms with van der Waals surface area (Å²) >= 11 is 6.57. The topological polar surface area (TPSA) is 4.93 Å². The SMILES string of the molecule is CCCC(Cl)n1c2ccccc2c2ccccc21. The first-order valence-corrected chi connectivity index (χ1v) is 6.88. The van der Waals surface area contributed by atoms with Gasteiger partial charge in [-0.1, -0.05) is 61.3 Å². The van der Waals surface area contributed by atoms with Gasteiger partial charge in [-0.15, -0.1) is 0 Å². The third-order valence-electron chi connectivity index (χ3n) is 3.42. The summed E-state index contributed by atoms with van der Waals surface area (Å²) in [7, 11) is 0. The van der Waals surface area contributed by atoms with Gasteiger partial charge in [-0.3, -0.25) is 0 Å². The largest absolute Gasteiger partial charge is 0.323 e. The number of hydrogen-bond acceptors (Lipinski definition) is 0. The van der Waals surface area contributed by atoms with Crippen LogP contribution in [0.5, 0.6) is 0 Å². The highest BCUT2D eigenvalue weighted by molar-refractivity contribution is 6.21. The summed E-state index contributed by atoms with van der Waals surface area (Å²) in [5, 5.41) is 2.57. The molecule has 0 saturated carbocycles. The minimum absolute atomic E-state index is 0.0276. The molecule has 2 aromatic carbocycles. The summed E-state index contributed by atoms with van der Waals surface area (Å²) in [4.78, 5) is 0. The first kappa shape index (κ1) is 11.6. The van der Waals surface area contributed by atoms with E-state index in [1.165, 1.54) is 21.8 Å². The fourth-order valence-electron chi connectivity index (χ4n) is 2.62. The first-order valence-electron chi connectivity index (χ1n) is 6.44. The second kappa shape index (κ2) is 4.66. The van der Waals surface area contributed by atoms with Gasteiger partial charge < -0.3 is 4.57 Å². The molecule has 2 heteroatoms. The molecule has 1 nitrogen and oxygen atoms in total. The van der Waals surface area contributed by atoms with E-state index in [9.17, 15) is 0 Å². The third kappa shape index (κ3) is 1.70. The van der Waals surface area contributed by atoms with Crippen LogP contribution < -0.4 is 0 Å². The molecule has 0 aliphatic carbocycles. The lowest BCUT2D eigenvalue weighted by Gasteiger charge is -2.13. The van der Waals surface area contributed by atoms with Gasteiger partial charge in [0.2, 0.25) is 0 Å². The van der Waals surface area contributed by atoms with Gasteiger partial charge in [-0.2, -0.15) is 0 Å². The number of halogens is 1. The van der Waals surface area contributed by atoms with Crippen molar-refractivity contribution in [2.75, 3.05) is 0 Å². The molecule has 0 aliphatic rings. The van der Waals surface area contributed by atoms with Crippen molar-refractivity contribution >= 4 is 33.4 Å². The maximum Gasteiger partial charge on any atom is 0.109 e. The summed E-state index contributed by atoms with van der Waals surface area (Å²) in [6.07, 6.45) is 2.08. The fraction of sp³-hybridized carbons (Fsp3) is 0.250. The Morgan fingerprint density at radius 1 is 0.944 bits per heavy atom. The molecule has 0 saturated heterocycles. The summed E-state index contributed by atoms with van der Waals surface area (Å²) in [6.45, 7) is 2.17. The van der Waals surface area contributed by atoms with Crippen LogP contribution in [-0.2, 0) is 0 Å². The summed E-state index contributed by atoms with van der Waals surface area (Å²) in [6, 6.07) is 17.0. The molecule has 1 aromatic heterocycles. The van der Waals surface area contributed by atoms with Crippen LogP contribution >= 0.6 is 11.6 Å². The van der Waals surface area contributed by atoms with Gasteiger partial charge in [0.15, 0.2) is 0 Å². The molecule has 0 bridgehead atoms. The average molecular weight is 258 g/mol. The van der Waals surface area contributed by atoms with Crippen LogP contribution in [0.15, 0.2) is 48.5 Å². The molecule has 0 spiro atoms. The van der Waals surface area contributed by atoms with Gasteiger partial charge in [0.25, 0.3) is 0 Å². The monoisotopic (exact) mass is 257 g/mol. The summed E-state index contributed by atoms with van der Waals surface area (Å²) in [5.41, 5.74) is 2.49. The molecule has 18 heavy (non-hydrogen) atoms. The van der Waals surface area contributed by atoms with Crippen molar-refractivity contribution in [3.63, 3.8) is 0 Å². The highest BCUT2D eigenvalue weighted by atomic mass is 35.5. The van der Waals surface area contributed by atoms with E-state index in [0.29, 0.717) is 0 Å². The van der Waals surface area contributed by atoms with E-state index in [-0.39, 0.29) is 5.50 Å². The molecule has 3 aromatic rings. The van der Waals surface area contributed by atoms with Gasteiger partial charge >= 0.3 is 0 Å². The van der Waals surface area contributed by atoms with E-state index in [2.05, 4.69) is 60.0 Å². The smallest absolute Gasteiger partial charge is 0.109 e. The van der Waals surface area contributed by atoms with Crippen LogP contribution in [0.2, 0.25) is 0 Å². The van der Waals surface area contributed by atoms with Crippen LogP contribution in [0.25, 0.3) is 21.8 Å². The van der Waals surface area contributed by atoms with Crippen molar-refractivity contribution in [3.8, 4) is 0 Å². The Balaban J connectivity index is 2.38. The van der Waals surface area contributed by atoms with Crippen molar-refractivity contribution in [2.24, 2.45) is 0 Å². The van der Waals surface area contributed by atoms with E-state index >= 15 is 0 Å². The Morgan fingerprint density at radius 3 is 1.94 bits per heavy atom. The Kier molecular flexibility index (Phi) is 3.00. The van der Waals surface area contributed by atoms with Gasteiger partial charge in [0.1, 0.15) is 5.50 Å². The zero-order valence-electron chi connectivity index (χ0n) is 10.4. The molecule has 0 aliphatic heterocycles. The molecule has 1 unspecified atom stereocenters. The van der Waals surface area contributed by atoms with Crippen LogP contribution in [0.1, 0.15) is 25.3 Å². The van der Waals surface area contributed by atoms with Crippen molar-refractivity contribution in [3.05, 3.63) is 48.5 Å². The Labute approximate surface area is 112 Å². The number of aromatic nitrogens is 1. The van der Waals surface area contributed by atoms with Gasteiger partial charge in [-0.05, 0) is 18.6 Å². The lowest BCUT2D eigenvalue weighted by molar-refractivity contribution is 0.636. The molecule has 92 valence electrons. The van der Waals surface area contributed by atoms with Crippen LogP contribution in [0, 0.1) is 0 Å². The third-order valence-corrected chi connectivity index (χ3v) is 3.84.